The third-order valence-corrected chi connectivity index (χ3v) is 3.51. The molecule has 0 bridgehead atoms. The van der Waals surface area contributed by atoms with Gasteiger partial charge in [0.05, 0.1) is 28.7 Å². The van der Waals surface area contributed by atoms with E-state index < -0.39 is 4.92 Å². The lowest BCUT2D eigenvalue weighted by molar-refractivity contribution is -0.384. The van der Waals surface area contributed by atoms with Gasteiger partial charge in [0.25, 0.3) is 5.69 Å². The van der Waals surface area contributed by atoms with Crippen LogP contribution in [0.1, 0.15) is 6.42 Å². The van der Waals surface area contributed by atoms with Crippen molar-refractivity contribution in [1.82, 2.24) is 0 Å². The van der Waals surface area contributed by atoms with Crippen molar-refractivity contribution in [3.05, 3.63) is 33.3 Å². The first-order valence-corrected chi connectivity index (χ1v) is 6.17. The molecule has 1 aliphatic rings. The van der Waals surface area contributed by atoms with Gasteiger partial charge in [-0.1, -0.05) is 11.6 Å². The smallest absolute Gasteiger partial charge is 0.310 e. The van der Waals surface area contributed by atoms with E-state index in [1.807, 2.05) is 4.90 Å². The molecule has 1 unspecified atom stereocenters. The van der Waals surface area contributed by atoms with Crippen LogP contribution in [0.4, 0.5) is 11.4 Å². The topological polar surface area (TPSA) is 72.7 Å². The first-order valence-electron chi connectivity index (χ1n) is 5.79. The van der Waals surface area contributed by atoms with Gasteiger partial charge < -0.3 is 9.64 Å². The third kappa shape index (κ3) is 2.78. The summed E-state index contributed by atoms with van der Waals surface area (Å²) >= 11 is 6.05. The van der Waals surface area contributed by atoms with Crippen molar-refractivity contribution in [3.63, 3.8) is 0 Å². The summed E-state index contributed by atoms with van der Waals surface area (Å²) in [5, 5.41) is 11.0. The van der Waals surface area contributed by atoms with Crippen LogP contribution in [0.15, 0.2) is 18.2 Å². The van der Waals surface area contributed by atoms with Gasteiger partial charge in [-0.2, -0.15) is 0 Å². The maximum absolute atomic E-state index is 11.4. The first-order chi connectivity index (χ1) is 9.02. The summed E-state index contributed by atoms with van der Waals surface area (Å²) in [7, 11) is 1.36. The largest absolute Gasteiger partial charge is 0.469 e. The molecule has 0 amide bonds. The van der Waals surface area contributed by atoms with E-state index in [4.69, 9.17) is 16.3 Å². The second kappa shape index (κ2) is 5.44. The molecular weight excluding hydrogens is 272 g/mol. The molecule has 1 atom stereocenters. The lowest BCUT2D eigenvalue weighted by Crippen LogP contribution is -2.23. The Labute approximate surface area is 115 Å². The number of hydrogen-bond donors (Lipinski definition) is 0. The number of benzene rings is 1. The van der Waals surface area contributed by atoms with Gasteiger partial charge in [-0.25, -0.2) is 0 Å². The van der Waals surface area contributed by atoms with Crippen LogP contribution in [0, 0.1) is 16.0 Å². The van der Waals surface area contributed by atoms with E-state index in [0.717, 1.165) is 0 Å². The van der Waals surface area contributed by atoms with Crippen LogP contribution in [0.25, 0.3) is 0 Å². The Balaban J connectivity index is 2.16. The second-order valence-corrected chi connectivity index (χ2v) is 4.75. The maximum Gasteiger partial charge on any atom is 0.310 e. The predicted octanol–water partition coefficient (Wildman–Crippen LogP) is 2.25. The number of carbonyl (C=O) groups excluding carboxylic acids is 1. The van der Waals surface area contributed by atoms with Crippen molar-refractivity contribution in [1.29, 1.82) is 0 Å². The summed E-state index contributed by atoms with van der Waals surface area (Å²) in [5.41, 5.74) is 0.663. The van der Waals surface area contributed by atoms with Gasteiger partial charge in [-0.05, 0) is 12.5 Å². The van der Waals surface area contributed by atoms with E-state index in [1.165, 1.54) is 19.2 Å². The van der Waals surface area contributed by atoms with E-state index in [-0.39, 0.29) is 17.6 Å². The Morgan fingerprint density at radius 1 is 1.58 bits per heavy atom. The zero-order chi connectivity index (χ0) is 14.0. The number of non-ortho nitro benzene ring substituents is 1. The molecule has 6 nitrogen and oxygen atoms in total. The standard InChI is InChI=1S/C12H13ClN2O4/c1-19-12(16)8-4-5-14(7-8)11-3-2-9(15(17)18)6-10(11)13/h2-3,6,8H,4-5,7H2,1H3. The number of methoxy groups -OCH3 is 1. The molecule has 7 heteroatoms. The van der Waals surface area contributed by atoms with E-state index in [9.17, 15) is 14.9 Å². The van der Waals surface area contributed by atoms with Crippen molar-refractivity contribution < 1.29 is 14.5 Å². The Hall–Kier alpha value is -1.82. The summed E-state index contributed by atoms with van der Waals surface area (Å²) in [6.45, 7) is 1.20. The highest BCUT2D eigenvalue weighted by molar-refractivity contribution is 6.33. The average Bonchev–Trinajstić information content (AvgIpc) is 2.87. The molecule has 0 spiro atoms. The van der Waals surface area contributed by atoms with Gasteiger partial charge in [0.15, 0.2) is 0 Å². The number of esters is 1. The minimum absolute atomic E-state index is 0.0440. The summed E-state index contributed by atoms with van der Waals surface area (Å²) < 4.78 is 4.71. The fourth-order valence-corrected chi connectivity index (χ4v) is 2.50. The normalized spacial score (nSPS) is 18.4. The summed E-state index contributed by atoms with van der Waals surface area (Å²) in [6.07, 6.45) is 0.694. The van der Waals surface area contributed by atoms with Gasteiger partial charge in [0.1, 0.15) is 0 Å². The highest BCUT2D eigenvalue weighted by Gasteiger charge is 2.30. The monoisotopic (exact) mass is 284 g/mol. The highest BCUT2D eigenvalue weighted by atomic mass is 35.5. The van der Waals surface area contributed by atoms with Crippen molar-refractivity contribution in [2.45, 2.75) is 6.42 Å². The van der Waals surface area contributed by atoms with Crippen LogP contribution in [0.3, 0.4) is 0 Å². The van der Waals surface area contributed by atoms with E-state index in [2.05, 4.69) is 0 Å². The summed E-state index contributed by atoms with van der Waals surface area (Å²) in [6, 6.07) is 4.34. The van der Waals surface area contributed by atoms with Crippen LogP contribution in [0.5, 0.6) is 0 Å². The number of nitro groups is 1. The molecule has 0 radical (unpaired) electrons. The molecule has 0 saturated carbocycles. The number of rotatable bonds is 3. The van der Waals surface area contributed by atoms with Crippen LogP contribution in [-0.4, -0.2) is 31.1 Å². The number of ether oxygens (including phenoxy) is 1. The average molecular weight is 285 g/mol. The molecular formula is C12H13ClN2O4. The SMILES string of the molecule is COC(=O)C1CCN(c2ccc([N+](=O)[O-])cc2Cl)C1. The quantitative estimate of drug-likeness (QED) is 0.483. The van der Waals surface area contributed by atoms with Crippen molar-refractivity contribution in [2.75, 3.05) is 25.1 Å². The summed E-state index contributed by atoms with van der Waals surface area (Å²) in [4.78, 5) is 23.5. The van der Waals surface area contributed by atoms with Crippen molar-refractivity contribution >= 4 is 28.9 Å². The molecule has 0 aromatic heterocycles. The number of carbonyl (C=O) groups is 1. The molecule has 1 aliphatic heterocycles. The molecule has 2 rings (SSSR count). The Morgan fingerprint density at radius 2 is 2.32 bits per heavy atom. The third-order valence-electron chi connectivity index (χ3n) is 3.21. The lowest BCUT2D eigenvalue weighted by Gasteiger charge is -2.19. The van der Waals surface area contributed by atoms with Crippen molar-refractivity contribution in [2.24, 2.45) is 5.92 Å². The minimum atomic E-state index is -0.489. The number of hydrogen-bond acceptors (Lipinski definition) is 5. The minimum Gasteiger partial charge on any atom is -0.469 e. The van der Waals surface area contributed by atoms with Gasteiger partial charge in [-0.3, -0.25) is 14.9 Å². The van der Waals surface area contributed by atoms with E-state index in [1.54, 1.807) is 6.07 Å². The van der Waals surface area contributed by atoms with Crippen LogP contribution < -0.4 is 4.90 Å². The first kappa shape index (κ1) is 13.6. The van der Waals surface area contributed by atoms with Gasteiger partial charge in [0, 0.05) is 25.2 Å². The molecule has 102 valence electrons. The molecule has 19 heavy (non-hydrogen) atoms. The zero-order valence-electron chi connectivity index (χ0n) is 10.3. The fraction of sp³-hybridized carbons (Fsp3) is 0.417. The molecule has 1 saturated heterocycles. The van der Waals surface area contributed by atoms with Gasteiger partial charge >= 0.3 is 5.97 Å². The summed E-state index contributed by atoms with van der Waals surface area (Å²) in [5.74, 6) is -0.406. The zero-order valence-corrected chi connectivity index (χ0v) is 11.1. The second-order valence-electron chi connectivity index (χ2n) is 4.35. The highest BCUT2D eigenvalue weighted by Crippen LogP contribution is 2.33. The van der Waals surface area contributed by atoms with E-state index >= 15 is 0 Å². The number of anilines is 1. The van der Waals surface area contributed by atoms with Crippen LogP contribution in [-0.2, 0) is 9.53 Å². The maximum atomic E-state index is 11.4. The molecule has 0 aliphatic carbocycles. The number of nitrogens with zero attached hydrogens (tertiary/aromatic N) is 2. The van der Waals surface area contributed by atoms with Gasteiger partial charge in [0.2, 0.25) is 0 Å². The van der Waals surface area contributed by atoms with Crippen LogP contribution in [0.2, 0.25) is 5.02 Å². The molecule has 1 aromatic carbocycles. The molecule has 1 heterocycles. The fourth-order valence-electron chi connectivity index (χ4n) is 2.20. The number of halogens is 1. The lowest BCUT2D eigenvalue weighted by atomic mass is 10.1. The molecule has 0 N–H and O–H groups in total. The van der Waals surface area contributed by atoms with E-state index in [0.29, 0.717) is 30.2 Å². The molecule has 1 aromatic rings. The van der Waals surface area contributed by atoms with Gasteiger partial charge in [-0.15, -0.1) is 0 Å². The van der Waals surface area contributed by atoms with Crippen LogP contribution >= 0.6 is 11.6 Å². The Bertz CT molecular complexity index is 520. The Kier molecular flexibility index (Phi) is 3.90. The Morgan fingerprint density at radius 3 is 2.89 bits per heavy atom. The molecule has 1 fully saturated rings. The predicted molar refractivity (Wildman–Crippen MR) is 70.4 cm³/mol. The van der Waals surface area contributed by atoms with Crippen molar-refractivity contribution in [3.8, 4) is 0 Å². The number of nitro benzene ring substituents is 1.